The molecular weight excluding hydrogens is 238 g/mol. The van der Waals surface area contributed by atoms with Crippen molar-refractivity contribution in [2.45, 2.75) is 37.6 Å². The van der Waals surface area contributed by atoms with Gasteiger partial charge in [0.05, 0.1) is 5.69 Å². The lowest BCUT2D eigenvalue weighted by Gasteiger charge is -2.06. The summed E-state index contributed by atoms with van der Waals surface area (Å²) in [6, 6.07) is 3.15. The summed E-state index contributed by atoms with van der Waals surface area (Å²) in [5, 5.41) is 0. The lowest BCUT2D eigenvalue weighted by Crippen LogP contribution is -2.25. The molecule has 0 unspecified atom stereocenters. The smallest absolute Gasteiger partial charge is 0.242 e. The molecule has 17 heavy (non-hydrogen) atoms. The SMILES string of the molecule is CCCCCNS(=O)(=O)c1ccc(CN)nc1. The van der Waals surface area contributed by atoms with Crippen LogP contribution in [0.15, 0.2) is 23.2 Å². The standard InChI is InChI=1S/C11H19N3O2S/c1-2-3-4-7-14-17(15,16)11-6-5-10(8-12)13-9-11/h5-6,9,14H,2-4,7-8,12H2,1H3. The first-order valence-electron chi connectivity index (χ1n) is 5.75. The Bertz CT molecular complexity index is 429. The van der Waals surface area contributed by atoms with E-state index in [9.17, 15) is 8.42 Å². The number of aromatic nitrogens is 1. The molecule has 1 aromatic heterocycles. The van der Waals surface area contributed by atoms with E-state index in [1.807, 2.05) is 0 Å². The summed E-state index contributed by atoms with van der Waals surface area (Å²) in [5.41, 5.74) is 6.07. The molecule has 1 heterocycles. The quantitative estimate of drug-likeness (QED) is 0.714. The van der Waals surface area contributed by atoms with Crippen LogP contribution in [-0.2, 0) is 16.6 Å². The molecule has 5 nitrogen and oxygen atoms in total. The third-order valence-electron chi connectivity index (χ3n) is 2.39. The second-order valence-electron chi connectivity index (χ2n) is 3.79. The van der Waals surface area contributed by atoms with E-state index < -0.39 is 10.0 Å². The topological polar surface area (TPSA) is 85.1 Å². The van der Waals surface area contributed by atoms with Gasteiger partial charge in [0.2, 0.25) is 10.0 Å². The average molecular weight is 257 g/mol. The molecule has 0 amide bonds. The zero-order valence-corrected chi connectivity index (χ0v) is 10.8. The summed E-state index contributed by atoms with van der Waals surface area (Å²) < 4.78 is 26.2. The number of rotatable bonds is 7. The van der Waals surface area contributed by atoms with E-state index in [1.54, 1.807) is 6.07 Å². The van der Waals surface area contributed by atoms with Gasteiger partial charge in [-0.2, -0.15) is 0 Å². The summed E-state index contributed by atoms with van der Waals surface area (Å²) in [6.45, 7) is 2.85. The van der Waals surface area contributed by atoms with Crippen molar-refractivity contribution in [3.05, 3.63) is 24.0 Å². The first-order valence-corrected chi connectivity index (χ1v) is 7.23. The molecule has 1 aromatic rings. The van der Waals surface area contributed by atoms with Gasteiger partial charge in [0.1, 0.15) is 4.90 Å². The number of pyridine rings is 1. The van der Waals surface area contributed by atoms with Crippen LogP contribution >= 0.6 is 0 Å². The molecule has 0 aliphatic carbocycles. The van der Waals surface area contributed by atoms with E-state index in [0.717, 1.165) is 19.3 Å². The van der Waals surface area contributed by atoms with Gasteiger partial charge in [-0.05, 0) is 18.6 Å². The summed E-state index contributed by atoms with van der Waals surface area (Å²) in [5.74, 6) is 0. The van der Waals surface area contributed by atoms with Crippen LogP contribution in [0.3, 0.4) is 0 Å². The number of nitrogens with zero attached hydrogens (tertiary/aromatic N) is 1. The minimum absolute atomic E-state index is 0.186. The van der Waals surface area contributed by atoms with Gasteiger partial charge in [0.25, 0.3) is 0 Å². The third-order valence-corrected chi connectivity index (χ3v) is 3.84. The maximum Gasteiger partial charge on any atom is 0.242 e. The van der Waals surface area contributed by atoms with Crippen molar-refractivity contribution >= 4 is 10.0 Å². The largest absolute Gasteiger partial charge is 0.325 e. The molecule has 0 spiro atoms. The predicted octanol–water partition coefficient (Wildman–Crippen LogP) is 1.01. The first kappa shape index (κ1) is 14.1. The second-order valence-corrected chi connectivity index (χ2v) is 5.56. The number of unbranched alkanes of at least 4 members (excludes halogenated alkanes) is 2. The highest BCUT2D eigenvalue weighted by atomic mass is 32.2. The zero-order chi connectivity index (χ0) is 12.7. The molecule has 6 heteroatoms. The normalized spacial score (nSPS) is 11.6. The van der Waals surface area contributed by atoms with Gasteiger partial charge in [-0.1, -0.05) is 19.8 Å². The fourth-order valence-corrected chi connectivity index (χ4v) is 2.37. The molecule has 96 valence electrons. The zero-order valence-electron chi connectivity index (χ0n) is 10.0. The van der Waals surface area contributed by atoms with Gasteiger partial charge in [-0.3, -0.25) is 4.98 Å². The van der Waals surface area contributed by atoms with Gasteiger partial charge in [0, 0.05) is 19.3 Å². The lowest BCUT2D eigenvalue weighted by atomic mass is 10.3. The maximum absolute atomic E-state index is 11.8. The van der Waals surface area contributed by atoms with Gasteiger partial charge < -0.3 is 5.73 Å². The number of nitrogens with one attached hydrogen (secondary N) is 1. The minimum Gasteiger partial charge on any atom is -0.325 e. The molecule has 0 saturated heterocycles. The van der Waals surface area contributed by atoms with Crippen molar-refractivity contribution in [2.75, 3.05) is 6.54 Å². The van der Waals surface area contributed by atoms with Crippen LogP contribution in [0.1, 0.15) is 31.9 Å². The van der Waals surface area contributed by atoms with Crippen LogP contribution in [0.2, 0.25) is 0 Å². The van der Waals surface area contributed by atoms with Crippen molar-refractivity contribution in [3.8, 4) is 0 Å². The van der Waals surface area contributed by atoms with Crippen molar-refractivity contribution in [2.24, 2.45) is 5.73 Å². The van der Waals surface area contributed by atoms with Gasteiger partial charge >= 0.3 is 0 Å². The van der Waals surface area contributed by atoms with Crippen LogP contribution in [0.5, 0.6) is 0 Å². The van der Waals surface area contributed by atoms with Gasteiger partial charge in [-0.25, -0.2) is 13.1 Å². The highest BCUT2D eigenvalue weighted by Crippen LogP contribution is 2.07. The van der Waals surface area contributed by atoms with Crippen LogP contribution in [-0.4, -0.2) is 19.9 Å². The van der Waals surface area contributed by atoms with E-state index in [2.05, 4.69) is 16.6 Å². The maximum atomic E-state index is 11.8. The Morgan fingerprint density at radius 1 is 1.35 bits per heavy atom. The molecule has 0 atom stereocenters. The summed E-state index contributed by atoms with van der Waals surface area (Å²) in [7, 11) is -3.42. The van der Waals surface area contributed by atoms with Crippen LogP contribution in [0.25, 0.3) is 0 Å². The molecular formula is C11H19N3O2S. The Morgan fingerprint density at radius 2 is 2.12 bits per heavy atom. The fourth-order valence-electron chi connectivity index (χ4n) is 1.36. The van der Waals surface area contributed by atoms with Crippen molar-refractivity contribution in [1.29, 1.82) is 0 Å². The Balaban J connectivity index is 2.62. The molecule has 0 bridgehead atoms. The van der Waals surface area contributed by atoms with Gasteiger partial charge in [-0.15, -0.1) is 0 Å². The molecule has 1 rings (SSSR count). The molecule has 0 aromatic carbocycles. The molecule has 3 N–H and O–H groups in total. The van der Waals surface area contributed by atoms with E-state index in [4.69, 9.17) is 5.73 Å². The first-order chi connectivity index (χ1) is 8.10. The van der Waals surface area contributed by atoms with Crippen molar-refractivity contribution in [1.82, 2.24) is 9.71 Å². The Kier molecular flexibility index (Phi) is 5.54. The number of nitrogens with two attached hydrogens (primary N) is 1. The van der Waals surface area contributed by atoms with E-state index in [1.165, 1.54) is 12.3 Å². The second kappa shape index (κ2) is 6.68. The van der Waals surface area contributed by atoms with E-state index in [0.29, 0.717) is 18.8 Å². The number of hydrogen-bond acceptors (Lipinski definition) is 4. The third kappa shape index (κ3) is 4.41. The summed E-state index contributed by atoms with van der Waals surface area (Å²) >= 11 is 0. The highest BCUT2D eigenvalue weighted by Gasteiger charge is 2.13. The predicted molar refractivity (Wildman–Crippen MR) is 66.8 cm³/mol. The fraction of sp³-hybridized carbons (Fsp3) is 0.545. The molecule has 0 aliphatic heterocycles. The number of sulfonamides is 1. The number of hydrogen-bond donors (Lipinski definition) is 2. The van der Waals surface area contributed by atoms with Crippen LogP contribution in [0.4, 0.5) is 0 Å². The molecule has 0 saturated carbocycles. The lowest BCUT2D eigenvalue weighted by molar-refractivity contribution is 0.575. The van der Waals surface area contributed by atoms with E-state index in [-0.39, 0.29) is 4.90 Å². The van der Waals surface area contributed by atoms with Gasteiger partial charge in [0.15, 0.2) is 0 Å². The van der Waals surface area contributed by atoms with Crippen LogP contribution < -0.4 is 10.5 Å². The van der Waals surface area contributed by atoms with E-state index >= 15 is 0 Å². The highest BCUT2D eigenvalue weighted by molar-refractivity contribution is 7.89. The monoisotopic (exact) mass is 257 g/mol. The summed E-state index contributed by atoms with van der Waals surface area (Å²) in [4.78, 5) is 4.15. The Morgan fingerprint density at radius 3 is 2.65 bits per heavy atom. The Labute approximate surface area is 102 Å². The summed E-state index contributed by atoms with van der Waals surface area (Å²) in [6.07, 6.45) is 4.27. The van der Waals surface area contributed by atoms with Crippen molar-refractivity contribution < 1.29 is 8.42 Å². The van der Waals surface area contributed by atoms with Crippen LogP contribution in [0, 0.1) is 0 Å². The molecule has 0 aliphatic rings. The average Bonchev–Trinajstić information content (AvgIpc) is 2.35. The molecule has 0 radical (unpaired) electrons. The minimum atomic E-state index is -3.42. The molecule has 0 fully saturated rings. The van der Waals surface area contributed by atoms with Crippen molar-refractivity contribution in [3.63, 3.8) is 0 Å². The Hall–Kier alpha value is -0.980.